The predicted molar refractivity (Wildman–Crippen MR) is 143 cm³/mol. The van der Waals surface area contributed by atoms with Crippen LogP contribution in [0.25, 0.3) is 0 Å². The summed E-state index contributed by atoms with van der Waals surface area (Å²) in [5, 5.41) is 9.25. The molecule has 3 aromatic carbocycles. The Hall–Kier alpha value is -4.10. The molecule has 0 saturated heterocycles. The normalized spacial score (nSPS) is 16.8. The van der Waals surface area contributed by atoms with Crippen LogP contribution in [0.5, 0.6) is 5.75 Å². The number of ether oxygens (including phenoxy) is 1. The molecule has 1 heterocycles. The Morgan fingerprint density at radius 2 is 1.73 bits per heavy atom. The molecule has 0 bridgehead atoms. The molecule has 1 N–H and O–H groups in total. The van der Waals surface area contributed by atoms with Crippen LogP contribution in [0.1, 0.15) is 42.2 Å². The minimum atomic E-state index is -1.04. The van der Waals surface area contributed by atoms with Crippen LogP contribution in [0.2, 0.25) is 5.02 Å². The van der Waals surface area contributed by atoms with Crippen molar-refractivity contribution in [1.82, 2.24) is 0 Å². The Balaban J connectivity index is 1.61. The van der Waals surface area contributed by atoms with Gasteiger partial charge in [0.1, 0.15) is 12.4 Å². The van der Waals surface area contributed by atoms with Crippen molar-refractivity contribution in [2.45, 2.75) is 32.4 Å². The second-order valence-electron chi connectivity index (χ2n) is 8.78. The first-order valence-corrected chi connectivity index (χ1v) is 12.2. The number of carbonyl (C=O) groups is 3. The van der Waals surface area contributed by atoms with E-state index in [9.17, 15) is 14.4 Å². The van der Waals surface area contributed by atoms with Gasteiger partial charge in [-0.2, -0.15) is 0 Å². The van der Waals surface area contributed by atoms with E-state index in [0.29, 0.717) is 22.8 Å². The Morgan fingerprint density at radius 1 is 1.05 bits per heavy atom. The number of para-hydroxylation sites is 1. The number of carboxylic acids is 1. The minimum Gasteiger partial charge on any atom is -0.490 e. The first-order chi connectivity index (χ1) is 17.8. The summed E-state index contributed by atoms with van der Waals surface area (Å²) in [4.78, 5) is 40.6. The molecular weight excluding hydrogens is 492 g/mol. The van der Waals surface area contributed by atoms with Crippen molar-refractivity contribution in [1.29, 1.82) is 0 Å². The summed E-state index contributed by atoms with van der Waals surface area (Å²) in [5.41, 5.74) is 2.90. The SMILES string of the molecule is CC(=O)N(c1ccc(Cl)cc1)[C@@H]1C[C@H](C)N(C(=O)c2ccc(OC/C=C/C(=O)O)cc2)c2ccccc21. The second-order valence-corrected chi connectivity index (χ2v) is 9.21. The topological polar surface area (TPSA) is 87.2 Å². The van der Waals surface area contributed by atoms with E-state index in [-0.39, 0.29) is 30.5 Å². The van der Waals surface area contributed by atoms with E-state index in [4.69, 9.17) is 21.4 Å². The van der Waals surface area contributed by atoms with Crippen molar-refractivity contribution in [2.75, 3.05) is 16.4 Å². The maximum Gasteiger partial charge on any atom is 0.328 e. The number of hydrogen-bond donors (Lipinski definition) is 1. The van der Waals surface area contributed by atoms with E-state index in [0.717, 1.165) is 23.0 Å². The number of carbonyl (C=O) groups excluding carboxylic acids is 2. The molecule has 1 aliphatic rings. The summed E-state index contributed by atoms with van der Waals surface area (Å²) in [6.45, 7) is 3.63. The number of rotatable bonds is 7. The number of hydrogen-bond acceptors (Lipinski definition) is 4. The van der Waals surface area contributed by atoms with Gasteiger partial charge in [-0.15, -0.1) is 0 Å². The van der Waals surface area contributed by atoms with Crippen molar-refractivity contribution in [3.63, 3.8) is 0 Å². The zero-order valence-corrected chi connectivity index (χ0v) is 21.3. The molecule has 0 unspecified atom stereocenters. The highest BCUT2D eigenvalue weighted by molar-refractivity contribution is 6.30. The largest absolute Gasteiger partial charge is 0.490 e. The van der Waals surface area contributed by atoms with E-state index in [1.165, 1.54) is 6.08 Å². The number of halogens is 1. The lowest BCUT2D eigenvalue weighted by atomic mass is 9.89. The Labute approximate surface area is 220 Å². The molecule has 0 saturated carbocycles. The molecular formula is C29H27ClN2O5. The zero-order chi connectivity index (χ0) is 26.5. The molecule has 4 rings (SSSR count). The third kappa shape index (κ3) is 5.84. The molecule has 37 heavy (non-hydrogen) atoms. The van der Waals surface area contributed by atoms with E-state index in [2.05, 4.69) is 0 Å². The molecule has 2 atom stereocenters. The van der Waals surface area contributed by atoms with E-state index in [1.807, 2.05) is 43.3 Å². The first-order valence-electron chi connectivity index (χ1n) is 11.9. The van der Waals surface area contributed by atoms with Gasteiger partial charge in [0.05, 0.1) is 6.04 Å². The Morgan fingerprint density at radius 3 is 2.38 bits per heavy atom. The third-order valence-corrected chi connectivity index (χ3v) is 6.49. The van der Waals surface area contributed by atoms with Gasteiger partial charge in [0.2, 0.25) is 5.91 Å². The van der Waals surface area contributed by atoms with Crippen LogP contribution in [-0.2, 0) is 9.59 Å². The molecule has 3 aromatic rings. The summed E-state index contributed by atoms with van der Waals surface area (Å²) in [5.74, 6) is -0.763. The van der Waals surface area contributed by atoms with Gasteiger partial charge in [0, 0.05) is 41.0 Å². The van der Waals surface area contributed by atoms with Gasteiger partial charge in [-0.05, 0) is 79.6 Å². The van der Waals surface area contributed by atoms with Crippen molar-refractivity contribution < 1.29 is 24.2 Å². The van der Waals surface area contributed by atoms with E-state index < -0.39 is 5.97 Å². The molecule has 2 amide bonds. The molecule has 7 nitrogen and oxygen atoms in total. The number of fused-ring (bicyclic) bond motifs is 1. The van der Waals surface area contributed by atoms with Crippen LogP contribution in [0, 0.1) is 0 Å². The number of carboxylic acid groups (broad SMARTS) is 1. The second kappa shape index (κ2) is 11.3. The highest BCUT2D eigenvalue weighted by atomic mass is 35.5. The van der Waals surface area contributed by atoms with Gasteiger partial charge in [0.15, 0.2) is 0 Å². The first kappa shape index (κ1) is 26.0. The van der Waals surface area contributed by atoms with Gasteiger partial charge in [0.25, 0.3) is 5.91 Å². The van der Waals surface area contributed by atoms with Crippen molar-refractivity contribution in [3.05, 3.63) is 101 Å². The lowest BCUT2D eigenvalue weighted by Gasteiger charge is -2.43. The minimum absolute atomic E-state index is 0.0945. The van der Waals surface area contributed by atoms with Crippen LogP contribution in [-0.4, -0.2) is 35.5 Å². The van der Waals surface area contributed by atoms with Crippen LogP contribution < -0.4 is 14.5 Å². The quantitative estimate of drug-likeness (QED) is 0.394. The number of amides is 2. The highest BCUT2D eigenvalue weighted by Crippen LogP contribution is 2.42. The average Bonchev–Trinajstić information content (AvgIpc) is 2.88. The van der Waals surface area contributed by atoms with E-state index >= 15 is 0 Å². The van der Waals surface area contributed by atoms with Gasteiger partial charge in [-0.3, -0.25) is 9.59 Å². The lowest BCUT2D eigenvalue weighted by molar-refractivity contribution is -0.131. The fourth-order valence-corrected chi connectivity index (χ4v) is 4.77. The number of benzene rings is 3. The molecule has 8 heteroatoms. The molecule has 1 aliphatic heterocycles. The van der Waals surface area contributed by atoms with Crippen LogP contribution in [0.4, 0.5) is 11.4 Å². The smallest absolute Gasteiger partial charge is 0.328 e. The molecule has 0 fully saturated rings. The zero-order valence-electron chi connectivity index (χ0n) is 20.5. The van der Waals surface area contributed by atoms with Crippen molar-refractivity contribution in [3.8, 4) is 5.75 Å². The monoisotopic (exact) mass is 518 g/mol. The molecule has 0 radical (unpaired) electrons. The number of nitrogens with zero attached hydrogens (tertiary/aromatic N) is 2. The summed E-state index contributed by atoms with van der Waals surface area (Å²) in [6.07, 6.45) is 2.97. The van der Waals surface area contributed by atoms with Gasteiger partial charge in [-0.25, -0.2) is 4.79 Å². The maximum absolute atomic E-state index is 13.7. The fraction of sp³-hybridized carbons (Fsp3) is 0.207. The fourth-order valence-electron chi connectivity index (χ4n) is 4.64. The molecule has 0 spiro atoms. The van der Waals surface area contributed by atoms with Crippen molar-refractivity contribution in [2.24, 2.45) is 0 Å². The van der Waals surface area contributed by atoms with Crippen LogP contribution >= 0.6 is 11.6 Å². The Bertz CT molecular complexity index is 1320. The summed E-state index contributed by atoms with van der Waals surface area (Å²) in [7, 11) is 0. The summed E-state index contributed by atoms with van der Waals surface area (Å²) in [6, 6.07) is 21.2. The van der Waals surface area contributed by atoms with Gasteiger partial charge < -0.3 is 19.6 Å². The summed E-state index contributed by atoms with van der Waals surface area (Å²) < 4.78 is 5.51. The van der Waals surface area contributed by atoms with Crippen LogP contribution in [0.3, 0.4) is 0 Å². The predicted octanol–water partition coefficient (Wildman–Crippen LogP) is 5.89. The molecule has 190 valence electrons. The highest BCUT2D eigenvalue weighted by Gasteiger charge is 2.38. The van der Waals surface area contributed by atoms with Gasteiger partial charge in [-0.1, -0.05) is 29.8 Å². The standard InChI is InChI=1S/C29H27ClN2O5/c1-19-18-27(32(20(2)33)23-13-11-22(30)12-14-23)25-6-3-4-7-26(25)31(19)29(36)21-9-15-24(16-10-21)37-17-5-8-28(34)35/h3-16,19,27H,17-18H2,1-2H3,(H,34,35)/b8-5+/t19-,27+/m0/s1. The molecule has 0 aliphatic carbocycles. The van der Waals surface area contributed by atoms with Crippen LogP contribution in [0.15, 0.2) is 84.9 Å². The van der Waals surface area contributed by atoms with Gasteiger partial charge >= 0.3 is 5.97 Å². The maximum atomic E-state index is 13.7. The third-order valence-electron chi connectivity index (χ3n) is 6.24. The molecule has 0 aromatic heterocycles. The van der Waals surface area contributed by atoms with E-state index in [1.54, 1.807) is 53.1 Å². The average molecular weight is 519 g/mol. The number of anilines is 2. The van der Waals surface area contributed by atoms with Crippen molar-refractivity contribution >= 4 is 40.8 Å². The number of aliphatic carboxylic acids is 1. The summed E-state index contributed by atoms with van der Waals surface area (Å²) >= 11 is 6.07. The Kier molecular flexibility index (Phi) is 7.94. The lowest BCUT2D eigenvalue weighted by Crippen LogP contribution is -2.47.